The zero-order valence-electron chi connectivity index (χ0n) is 8.11. The lowest BCUT2D eigenvalue weighted by Gasteiger charge is -2.22. The van der Waals surface area contributed by atoms with E-state index >= 15 is 0 Å². The van der Waals surface area contributed by atoms with E-state index in [1.54, 1.807) is 0 Å². The van der Waals surface area contributed by atoms with Gasteiger partial charge in [0.25, 0.3) is 10.2 Å². The van der Waals surface area contributed by atoms with Crippen molar-refractivity contribution in [3.8, 4) is 0 Å². The molecule has 0 aromatic heterocycles. The summed E-state index contributed by atoms with van der Waals surface area (Å²) in [5.41, 5.74) is 0. The van der Waals surface area contributed by atoms with Crippen LogP contribution in [-0.4, -0.2) is 45.6 Å². The minimum absolute atomic E-state index is 0.443. The highest BCUT2D eigenvalue weighted by Crippen LogP contribution is 2.15. The molecule has 2 aliphatic rings. The second-order valence-corrected chi connectivity index (χ2v) is 5.56. The van der Waals surface area contributed by atoms with E-state index in [9.17, 15) is 8.42 Å². The van der Waals surface area contributed by atoms with Crippen molar-refractivity contribution in [2.24, 2.45) is 5.92 Å². The molecule has 0 saturated carbocycles. The summed E-state index contributed by atoms with van der Waals surface area (Å²) in [5.74, 6) is 0.443. The summed E-state index contributed by atoms with van der Waals surface area (Å²) in [7, 11) is -3.14. The quantitative estimate of drug-likeness (QED) is 0.654. The van der Waals surface area contributed by atoms with E-state index in [1.165, 1.54) is 4.31 Å². The van der Waals surface area contributed by atoms with Crippen LogP contribution < -0.4 is 4.72 Å². The van der Waals surface area contributed by atoms with Crippen molar-refractivity contribution >= 4 is 10.2 Å². The van der Waals surface area contributed by atoms with Gasteiger partial charge in [-0.3, -0.25) is 0 Å². The van der Waals surface area contributed by atoms with Crippen LogP contribution in [0.1, 0.15) is 12.8 Å². The van der Waals surface area contributed by atoms with Crippen molar-refractivity contribution in [2.75, 3.05) is 32.8 Å². The molecule has 6 heteroatoms. The molecule has 0 aliphatic carbocycles. The summed E-state index contributed by atoms with van der Waals surface area (Å²) in [6, 6.07) is 0. The van der Waals surface area contributed by atoms with Gasteiger partial charge >= 0.3 is 0 Å². The fourth-order valence-corrected chi connectivity index (χ4v) is 2.74. The zero-order valence-corrected chi connectivity index (χ0v) is 8.92. The van der Waals surface area contributed by atoms with Gasteiger partial charge in [0.2, 0.25) is 0 Å². The standard InChI is InChI=1S/C8H16N2O3S/c11-14(12,10-3-4-10)9-7-8-1-5-13-6-2-8/h8-9H,1-7H2. The van der Waals surface area contributed by atoms with Crippen LogP contribution in [0.15, 0.2) is 0 Å². The van der Waals surface area contributed by atoms with Gasteiger partial charge in [-0.1, -0.05) is 0 Å². The van der Waals surface area contributed by atoms with Gasteiger partial charge < -0.3 is 4.74 Å². The smallest absolute Gasteiger partial charge is 0.279 e. The maximum Gasteiger partial charge on any atom is 0.279 e. The van der Waals surface area contributed by atoms with Crippen LogP contribution in [0.4, 0.5) is 0 Å². The van der Waals surface area contributed by atoms with Crippen LogP contribution in [-0.2, 0) is 14.9 Å². The topological polar surface area (TPSA) is 58.4 Å². The fourth-order valence-electron chi connectivity index (χ4n) is 1.55. The van der Waals surface area contributed by atoms with Crippen molar-refractivity contribution in [1.82, 2.24) is 9.03 Å². The SMILES string of the molecule is O=S(=O)(NCC1CCOCC1)N1CC1. The molecule has 0 radical (unpaired) electrons. The Hall–Kier alpha value is -0.170. The van der Waals surface area contributed by atoms with Gasteiger partial charge in [-0.25, -0.2) is 4.72 Å². The highest BCUT2D eigenvalue weighted by atomic mass is 32.2. The number of nitrogens with zero attached hydrogens (tertiary/aromatic N) is 1. The molecule has 0 spiro atoms. The van der Waals surface area contributed by atoms with Crippen molar-refractivity contribution in [3.63, 3.8) is 0 Å². The first kappa shape index (κ1) is 10.4. The van der Waals surface area contributed by atoms with E-state index in [1.807, 2.05) is 0 Å². The number of ether oxygens (including phenoxy) is 1. The zero-order chi connectivity index (χ0) is 10.0. The van der Waals surface area contributed by atoms with Gasteiger partial charge in [0.05, 0.1) is 0 Å². The van der Waals surface area contributed by atoms with E-state index in [-0.39, 0.29) is 0 Å². The van der Waals surface area contributed by atoms with Crippen LogP contribution in [0, 0.1) is 5.92 Å². The number of nitrogens with one attached hydrogen (secondary N) is 1. The summed E-state index contributed by atoms with van der Waals surface area (Å²) < 4.78 is 32.1. The Morgan fingerprint density at radius 3 is 2.50 bits per heavy atom. The monoisotopic (exact) mass is 220 g/mol. The average molecular weight is 220 g/mol. The Kier molecular flexibility index (Phi) is 3.06. The average Bonchev–Trinajstić information content (AvgIpc) is 3.00. The molecule has 1 N–H and O–H groups in total. The molecule has 2 fully saturated rings. The second kappa shape index (κ2) is 4.14. The lowest BCUT2D eigenvalue weighted by molar-refractivity contribution is 0.0677. The molecule has 2 rings (SSSR count). The molecule has 0 aromatic rings. The van der Waals surface area contributed by atoms with Crippen molar-refractivity contribution in [2.45, 2.75) is 12.8 Å². The Bertz CT molecular complexity index is 281. The first-order valence-corrected chi connectivity index (χ1v) is 6.45. The number of rotatable bonds is 4. The predicted octanol–water partition coefficient (Wildman–Crippen LogP) is -0.437. The Balaban J connectivity index is 1.75. The van der Waals surface area contributed by atoms with E-state index in [2.05, 4.69) is 4.72 Å². The molecule has 14 heavy (non-hydrogen) atoms. The van der Waals surface area contributed by atoms with E-state index in [0.29, 0.717) is 25.6 Å². The minimum atomic E-state index is -3.14. The summed E-state index contributed by atoms with van der Waals surface area (Å²) in [6.07, 6.45) is 1.92. The summed E-state index contributed by atoms with van der Waals surface area (Å²) >= 11 is 0. The third kappa shape index (κ3) is 2.66. The van der Waals surface area contributed by atoms with Gasteiger partial charge in [-0.15, -0.1) is 0 Å². The molecular weight excluding hydrogens is 204 g/mol. The van der Waals surface area contributed by atoms with Crippen LogP contribution in [0.25, 0.3) is 0 Å². The Morgan fingerprint density at radius 1 is 1.29 bits per heavy atom. The van der Waals surface area contributed by atoms with Crippen molar-refractivity contribution in [3.05, 3.63) is 0 Å². The van der Waals surface area contributed by atoms with Crippen LogP contribution in [0.5, 0.6) is 0 Å². The molecule has 2 heterocycles. The predicted molar refractivity (Wildman–Crippen MR) is 52.0 cm³/mol. The number of hydrogen-bond acceptors (Lipinski definition) is 3. The van der Waals surface area contributed by atoms with E-state index in [4.69, 9.17) is 4.74 Å². The maximum absolute atomic E-state index is 11.4. The van der Waals surface area contributed by atoms with Gasteiger partial charge in [-0.05, 0) is 18.8 Å². The summed E-state index contributed by atoms with van der Waals surface area (Å²) in [5, 5.41) is 0. The van der Waals surface area contributed by atoms with E-state index < -0.39 is 10.2 Å². The van der Waals surface area contributed by atoms with Crippen LogP contribution >= 0.6 is 0 Å². The molecule has 2 aliphatic heterocycles. The molecule has 82 valence electrons. The Labute approximate surface area is 84.6 Å². The molecule has 0 unspecified atom stereocenters. The highest BCUT2D eigenvalue weighted by Gasteiger charge is 2.31. The summed E-state index contributed by atoms with van der Waals surface area (Å²) in [4.78, 5) is 0. The third-order valence-electron chi connectivity index (χ3n) is 2.64. The van der Waals surface area contributed by atoms with Crippen molar-refractivity contribution < 1.29 is 13.2 Å². The van der Waals surface area contributed by atoms with Crippen molar-refractivity contribution in [1.29, 1.82) is 0 Å². The first-order valence-electron chi connectivity index (χ1n) is 5.01. The molecule has 2 saturated heterocycles. The van der Waals surface area contributed by atoms with Gasteiger partial charge in [-0.2, -0.15) is 12.7 Å². The molecule has 0 aromatic carbocycles. The molecule has 5 nitrogen and oxygen atoms in total. The number of hydrogen-bond donors (Lipinski definition) is 1. The summed E-state index contributed by atoms with van der Waals surface area (Å²) in [6.45, 7) is 3.42. The second-order valence-electron chi connectivity index (χ2n) is 3.81. The third-order valence-corrected chi connectivity index (χ3v) is 4.22. The normalized spacial score (nSPS) is 25.1. The fraction of sp³-hybridized carbons (Fsp3) is 1.00. The molecule has 0 amide bonds. The molecule has 0 bridgehead atoms. The minimum Gasteiger partial charge on any atom is -0.381 e. The Morgan fingerprint density at radius 2 is 1.93 bits per heavy atom. The molecular formula is C8H16N2O3S. The largest absolute Gasteiger partial charge is 0.381 e. The van der Waals surface area contributed by atoms with Gasteiger partial charge in [0, 0.05) is 32.8 Å². The highest BCUT2D eigenvalue weighted by molar-refractivity contribution is 7.87. The van der Waals surface area contributed by atoms with E-state index in [0.717, 1.165) is 26.1 Å². The lowest BCUT2D eigenvalue weighted by Crippen LogP contribution is -2.35. The van der Waals surface area contributed by atoms with Crippen LogP contribution in [0.2, 0.25) is 0 Å². The first-order chi connectivity index (χ1) is 6.68. The van der Waals surface area contributed by atoms with Gasteiger partial charge in [0.1, 0.15) is 0 Å². The molecule has 0 atom stereocenters. The maximum atomic E-state index is 11.4. The lowest BCUT2D eigenvalue weighted by atomic mass is 10.0. The van der Waals surface area contributed by atoms with Crippen LogP contribution in [0.3, 0.4) is 0 Å². The van der Waals surface area contributed by atoms with Gasteiger partial charge in [0.15, 0.2) is 0 Å².